The van der Waals surface area contributed by atoms with E-state index >= 15 is 0 Å². The molecule has 5 heteroatoms. The molecule has 0 unspecified atom stereocenters. The van der Waals surface area contributed by atoms with Crippen LogP contribution in [-0.4, -0.2) is 32.8 Å². The summed E-state index contributed by atoms with van der Waals surface area (Å²) >= 11 is 0. The van der Waals surface area contributed by atoms with Crippen LogP contribution in [0.15, 0.2) is 42.6 Å². The van der Waals surface area contributed by atoms with Gasteiger partial charge in [0, 0.05) is 55.1 Å². The minimum Gasteiger partial charge on any atom is -0.298 e. The van der Waals surface area contributed by atoms with Gasteiger partial charge in [-0.25, -0.2) is 4.39 Å². The Morgan fingerprint density at radius 1 is 1.14 bits per heavy atom. The Balaban J connectivity index is 1.50. The number of aryl methyl sites for hydroxylation is 2. The van der Waals surface area contributed by atoms with Crippen LogP contribution >= 0.6 is 0 Å². The van der Waals surface area contributed by atoms with Crippen LogP contribution in [0.25, 0.3) is 0 Å². The number of halogens is 1. The molecule has 0 spiro atoms. The Morgan fingerprint density at radius 3 is 2.72 bits per heavy atom. The number of rotatable bonds is 5. The molecule has 4 nitrogen and oxygen atoms in total. The molecule has 0 bridgehead atoms. The summed E-state index contributed by atoms with van der Waals surface area (Å²) in [5, 5.41) is 4.38. The summed E-state index contributed by atoms with van der Waals surface area (Å²) in [6, 6.07) is 11.3. The standard InChI is InChI=1S/C24H29FN4/c1-17-11-19(12-20-7-4-5-9-23(20)25)13-24(27-17)21-8-6-10-29(15-21)16-22-14-26-28(3)18(22)2/h4-5,7,9,11,13-14,21H,6,8,10,12,15-16H2,1-3H3/t21-/m1/s1. The summed E-state index contributed by atoms with van der Waals surface area (Å²) in [7, 11) is 1.99. The fourth-order valence-electron chi connectivity index (χ4n) is 4.32. The number of hydrogen-bond acceptors (Lipinski definition) is 3. The van der Waals surface area contributed by atoms with Crippen LogP contribution in [-0.2, 0) is 20.0 Å². The second-order valence-electron chi connectivity index (χ2n) is 8.26. The fraction of sp³-hybridized carbons (Fsp3) is 0.417. The summed E-state index contributed by atoms with van der Waals surface area (Å²) in [6.45, 7) is 7.21. The molecule has 29 heavy (non-hydrogen) atoms. The first-order valence-electron chi connectivity index (χ1n) is 10.4. The first kappa shape index (κ1) is 19.8. The summed E-state index contributed by atoms with van der Waals surface area (Å²) in [6.07, 6.45) is 4.91. The van der Waals surface area contributed by atoms with Gasteiger partial charge in [0.05, 0.1) is 6.20 Å². The van der Waals surface area contributed by atoms with Gasteiger partial charge in [-0.2, -0.15) is 5.10 Å². The average molecular weight is 393 g/mol. The van der Waals surface area contributed by atoms with Crippen LogP contribution < -0.4 is 0 Å². The molecule has 1 aromatic carbocycles. The van der Waals surface area contributed by atoms with Crippen molar-refractivity contribution in [3.05, 3.63) is 82.2 Å². The van der Waals surface area contributed by atoms with Crippen LogP contribution in [0, 0.1) is 19.7 Å². The smallest absolute Gasteiger partial charge is 0.126 e. The van der Waals surface area contributed by atoms with Crippen molar-refractivity contribution in [1.29, 1.82) is 0 Å². The first-order chi connectivity index (χ1) is 14.0. The molecule has 3 aromatic rings. The molecule has 0 radical (unpaired) electrons. The Hall–Kier alpha value is -2.53. The van der Waals surface area contributed by atoms with Crippen molar-refractivity contribution < 1.29 is 4.39 Å². The molecule has 0 saturated carbocycles. The predicted octanol–water partition coefficient (Wildman–Crippen LogP) is 4.54. The number of likely N-dealkylation sites (tertiary alicyclic amines) is 1. The second kappa shape index (κ2) is 8.46. The minimum atomic E-state index is -0.140. The van der Waals surface area contributed by atoms with Gasteiger partial charge in [-0.05, 0) is 62.6 Å². The normalized spacial score (nSPS) is 17.6. The summed E-state index contributed by atoms with van der Waals surface area (Å²) in [4.78, 5) is 7.36. The SMILES string of the molecule is Cc1cc(Cc2ccccc2F)cc([C@@H]2CCCN(Cc3cnn(C)c3C)C2)n1. The van der Waals surface area contributed by atoms with Crippen LogP contribution in [0.5, 0.6) is 0 Å². The maximum Gasteiger partial charge on any atom is 0.126 e. The summed E-state index contributed by atoms with van der Waals surface area (Å²) in [5.74, 6) is 0.277. The van der Waals surface area contributed by atoms with Crippen LogP contribution in [0.4, 0.5) is 4.39 Å². The van der Waals surface area contributed by atoms with Gasteiger partial charge in [0.25, 0.3) is 0 Å². The van der Waals surface area contributed by atoms with E-state index < -0.39 is 0 Å². The zero-order chi connectivity index (χ0) is 20.4. The Labute approximate surface area is 172 Å². The maximum atomic E-state index is 14.1. The van der Waals surface area contributed by atoms with Crippen LogP contribution in [0.3, 0.4) is 0 Å². The number of aromatic nitrogens is 3. The highest BCUT2D eigenvalue weighted by Gasteiger charge is 2.24. The molecular weight excluding hydrogens is 363 g/mol. The molecule has 1 fully saturated rings. The highest BCUT2D eigenvalue weighted by Crippen LogP contribution is 2.28. The Bertz CT molecular complexity index is 994. The largest absolute Gasteiger partial charge is 0.298 e. The van der Waals surface area contributed by atoms with Crippen LogP contribution in [0.2, 0.25) is 0 Å². The van der Waals surface area contributed by atoms with Crippen molar-refractivity contribution >= 4 is 0 Å². The zero-order valence-corrected chi connectivity index (χ0v) is 17.5. The fourth-order valence-corrected chi connectivity index (χ4v) is 4.32. The van der Waals surface area contributed by atoms with Crippen molar-refractivity contribution in [2.24, 2.45) is 7.05 Å². The number of hydrogen-bond donors (Lipinski definition) is 0. The van der Waals surface area contributed by atoms with E-state index in [0.29, 0.717) is 12.3 Å². The van der Waals surface area contributed by atoms with Crippen molar-refractivity contribution in [3.63, 3.8) is 0 Å². The van der Waals surface area contributed by atoms with E-state index in [0.717, 1.165) is 48.6 Å². The molecule has 4 rings (SSSR count). The van der Waals surface area contributed by atoms with Crippen molar-refractivity contribution in [1.82, 2.24) is 19.7 Å². The summed E-state index contributed by atoms with van der Waals surface area (Å²) in [5.41, 5.74) is 6.55. The van der Waals surface area contributed by atoms with Gasteiger partial charge in [0.15, 0.2) is 0 Å². The lowest BCUT2D eigenvalue weighted by Gasteiger charge is -2.32. The highest BCUT2D eigenvalue weighted by molar-refractivity contribution is 5.30. The van der Waals surface area contributed by atoms with Gasteiger partial charge < -0.3 is 0 Å². The first-order valence-corrected chi connectivity index (χ1v) is 10.4. The van der Waals surface area contributed by atoms with E-state index in [1.807, 2.05) is 37.0 Å². The van der Waals surface area contributed by atoms with Gasteiger partial charge in [-0.15, -0.1) is 0 Å². The monoisotopic (exact) mass is 392 g/mol. The molecule has 152 valence electrons. The Morgan fingerprint density at radius 2 is 1.97 bits per heavy atom. The van der Waals surface area contributed by atoms with Crippen LogP contribution in [0.1, 0.15) is 52.5 Å². The van der Waals surface area contributed by atoms with Gasteiger partial charge in [-0.1, -0.05) is 18.2 Å². The second-order valence-corrected chi connectivity index (χ2v) is 8.26. The lowest BCUT2D eigenvalue weighted by Crippen LogP contribution is -2.34. The van der Waals surface area contributed by atoms with E-state index in [1.165, 1.54) is 23.7 Å². The lowest BCUT2D eigenvalue weighted by molar-refractivity contribution is 0.198. The van der Waals surface area contributed by atoms with E-state index in [2.05, 4.69) is 29.1 Å². The molecule has 2 aromatic heterocycles. The maximum absolute atomic E-state index is 14.1. The third kappa shape index (κ3) is 4.56. The van der Waals surface area contributed by atoms with Gasteiger partial charge in [0.2, 0.25) is 0 Å². The van der Waals surface area contributed by atoms with Crippen molar-refractivity contribution in [2.75, 3.05) is 13.1 Å². The molecular formula is C24H29FN4. The highest BCUT2D eigenvalue weighted by atomic mass is 19.1. The minimum absolute atomic E-state index is 0.140. The van der Waals surface area contributed by atoms with E-state index in [-0.39, 0.29) is 5.82 Å². The van der Waals surface area contributed by atoms with E-state index in [1.54, 1.807) is 6.07 Å². The predicted molar refractivity (Wildman–Crippen MR) is 113 cm³/mol. The molecule has 1 saturated heterocycles. The quantitative estimate of drug-likeness (QED) is 0.639. The lowest BCUT2D eigenvalue weighted by atomic mass is 9.92. The molecule has 0 aliphatic carbocycles. The molecule has 3 heterocycles. The number of pyridine rings is 1. The molecule has 1 aliphatic heterocycles. The molecule has 1 aliphatic rings. The van der Waals surface area contributed by atoms with Gasteiger partial charge in [-0.3, -0.25) is 14.6 Å². The van der Waals surface area contributed by atoms with Gasteiger partial charge in [0.1, 0.15) is 5.82 Å². The van der Waals surface area contributed by atoms with Crippen molar-refractivity contribution in [2.45, 2.75) is 45.6 Å². The van der Waals surface area contributed by atoms with Crippen molar-refractivity contribution in [3.8, 4) is 0 Å². The van der Waals surface area contributed by atoms with Gasteiger partial charge >= 0.3 is 0 Å². The number of nitrogens with zero attached hydrogens (tertiary/aromatic N) is 4. The van der Waals surface area contributed by atoms with E-state index in [4.69, 9.17) is 4.98 Å². The summed E-state index contributed by atoms with van der Waals surface area (Å²) < 4.78 is 16.0. The molecule has 1 atom stereocenters. The average Bonchev–Trinajstić information content (AvgIpc) is 3.02. The number of benzene rings is 1. The topological polar surface area (TPSA) is 34.0 Å². The molecule has 0 N–H and O–H groups in total. The zero-order valence-electron chi connectivity index (χ0n) is 17.5. The molecule has 0 amide bonds. The number of piperidine rings is 1. The third-order valence-corrected chi connectivity index (χ3v) is 6.04. The third-order valence-electron chi connectivity index (χ3n) is 6.04. The van der Waals surface area contributed by atoms with E-state index in [9.17, 15) is 4.39 Å². The Kier molecular flexibility index (Phi) is 5.76.